The third-order valence-corrected chi connectivity index (χ3v) is 3.53. The number of benzene rings is 3. The molecule has 3 aromatic carbocycles. The van der Waals surface area contributed by atoms with Crippen molar-refractivity contribution in [3.63, 3.8) is 0 Å². The fourth-order valence-electron chi connectivity index (χ4n) is 2.36. The lowest BCUT2D eigenvalue weighted by Crippen LogP contribution is -2.02. The van der Waals surface area contributed by atoms with Crippen molar-refractivity contribution in [2.45, 2.75) is 6.10 Å². The third-order valence-electron chi connectivity index (χ3n) is 3.53. The van der Waals surface area contributed by atoms with E-state index < -0.39 is 11.9 Å². The van der Waals surface area contributed by atoms with Gasteiger partial charge in [-0.15, -0.1) is 0 Å². The molecule has 104 valence electrons. The second-order valence-electron chi connectivity index (χ2n) is 4.91. The highest BCUT2D eigenvalue weighted by atomic mass is 19.1. The van der Waals surface area contributed by atoms with Crippen molar-refractivity contribution >= 4 is 0 Å². The van der Waals surface area contributed by atoms with Crippen molar-refractivity contribution in [1.29, 1.82) is 0 Å². The first kappa shape index (κ1) is 13.5. The van der Waals surface area contributed by atoms with Crippen LogP contribution in [-0.4, -0.2) is 5.11 Å². The first-order valence-electron chi connectivity index (χ1n) is 6.83. The second-order valence-corrected chi connectivity index (χ2v) is 4.91. The van der Waals surface area contributed by atoms with Crippen LogP contribution in [0.15, 0.2) is 78.9 Å². The molecule has 1 N–H and O–H groups in total. The first-order valence-corrected chi connectivity index (χ1v) is 6.83. The lowest BCUT2D eigenvalue weighted by atomic mass is 9.98. The van der Waals surface area contributed by atoms with E-state index in [0.29, 0.717) is 11.1 Å². The first-order chi connectivity index (χ1) is 10.3. The summed E-state index contributed by atoms with van der Waals surface area (Å²) in [6.07, 6.45) is -0.948. The molecular formula is C19H15FO. The topological polar surface area (TPSA) is 20.2 Å². The van der Waals surface area contributed by atoms with Crippen LogP contribution in [0.4, 0.5) is 4.39 Å². The van der Waals surface area contributed by atoms with Crippen LogP contribution in [0.2, 0.25) is 0 Å². The quantitative estimate of drug-likeness (QED) is 0.743. The van der Waals surface area contributed by atoms with Gasteiger partial charge >= 0.3 is 0 Å². The van der Waals surface area contributed by atoms with Gasteiger partial charge in [0.1, 0.15) is 11.9 Å². The van der Waals surface area contributed by atoms with Crippen molar-refractivity contribution in [3.8, 4) is 11.1 Å². The van der Waals surface area contributed by atoms with E-state index in [1.54, 1.807) is 18.2 Å². The standard InChI is InChI=1S/C19H15FO/c20-18-9-5-4-8-17(18)19(21)16-12-10-15(11-13-16)14-6-2-1-3-7-14/h1-13,19,21H. The van der Waals surface area contributed by atoms with Gasteiger partial charge in [0.05, 0.1) is 0 Å². The zero-order valence-corrected chi connectivity index (χ0v) is 11.4. The summed E-state index contributed by atoms with van der Waals surface area (Å²) in [5, 5.41) is 10.3. The molecule has 0 aliphatic rings. The van der Waals surface area contributed by atoms with Gasteiger partial charge < -0.3 is 5.11 Å². The predicted octanol–water partition coefficient (Wildman–Crippen LogP) is 4.57. The highest BCUT2D eigenvalue weighted by Gasteiger charge is 2.14. The Labute approximate surface area is 123 Å². The molecular weight excluding hydrogens is 263 g/mol. The SMILES string of the molecule is OC(c1ccc(-c2ccccc2)cc1)c1ccccc1F. The molecule has 1 atom stereocenters. The molecule has 21 heavy (non-hydrogen) atoms. The Morgan fingerprint density at radius 2 is 1.24 bits per heavy atom. The molecule has 0 saturated heterocycles. The van der Waals surface area contributed by atoms with Crippen LogP contribution in [0.5, 0.6) is 0 Å². The summed E-state index contributed by atoms with van der Waals surface area (Å²) in [5.74, 6) is -0.392. The van der Waals surface area contributed by atoms with E-state index in [1.165, 1.54) is 6.07 Å². The summed E-state index contributed by atoms with van der Waals surface area (Å²) in [4.78, 5) is 0. The molecule has 0 aliphatic carbocycles. The van der Waals surface area contributed by atoms with E-state index in [0.717, 1.165) is 11.1 Å². The van der Waals surface area contributed by atoms with Gasteiger partial charge in [0.25, 0.3) is 0 Å². The summed E-state index contributed by atoms with van der Waals surface area (Å²) >= 11 is 0. The molecule has 3 rings (SSSR count). The molecule has 0 aliphatic heterocycles. The molecule has 0 fully saturated rings. The predicted molar refractivity (Wildman–Crippen MR) is 82.3 cm³/mol. The van der Waals surface area contributed by atoms with Crippen LogP contribution in [0.25, 0.3) is 11.1 Å². The number of rotatable bonds is 3. The second kappa shape index (κ2) is 5.90. The normalized spacial score (nSPS) is 12.1. The largest absolute Gasteiger partial charge is 0.384 e. The van der Waals surface area contributed by atoms with Gasteiger partial charge in [0.15, 0.2) is 0 Å². The lowest BCUT2D eigenvalue weighted by molar-refractivity contribution is 0.215. The number of aliphatic hydroxyl groups excluding tert-OH is 1. The smallest absolute Gasteiger partial charge is 0.129 e. The summed E-state index contributed by atoms with van der Waals surface area (Å²) in [7, 11) is 0. The Balaban J connectivity index is 1.89. The van der Waals surface area contributed by atoms with Gasteiger partial charge in [-0.25, -0.2) is 4.39 Å². The molecule has 1 nitrogen and oxygen atoms in total. The van der Waals surface area contributed by atoms with Gasteiger partial charge in [-0.3, -0.25) is 0 Å². The Bertz CT molecular complexity index is 720. The van der Waals surface area contributed by atoms with Gasteiger partial charge in [-0.05, 0) is 22.8 Å². The third kappa shape index (κ3) is 2.86. The monoisotopic (exact) mass is 278 g/mol. The molecule has 0 spiro atoms. The molecule has 0 heterocycles. The van der Waals surface area contributed by atoms with Crippen molar-refractivity contribution in [2.24, 2.45) is 0 Å². The minimum atomic E-state index is -0.948. The maximum Gasteiger partial charge on any atom is 0.129 e. The summed E-state index contributed by atoms with van der Waals surface area (Å²) in [6, 6.07) is 23.8. The number of aliphatic hydroxyl groups is 1. The van der Waals surface area contributed by atoms with E-state index in [9.17, 15) is 9.50 Å². The average Bonchev–Trinajstić information content (AvgIpc) is 2.56. The summed E-state index contributed by atoms with van der Waals surface area (Å²) in [6.45, 7) is 0. The van der Waals surface area contributed by atoms with Crippen molar-refractivity contribution in [2.75, 3.05) is 0 Å². The maximum atomic E-state index is 13.7. The fraction of sp³-hybridized carbons (Fsp3) is 0.0526. The molecule has 0 radical (unpaired) electrons. The van der Waals surface area contributed by atoms with Crippen LogP contribution >= 0.6 is 0 Å². The van der Waals surface area contributed by atoms with Crippen molar-refractivity contribution in [1.82, 2.24) is 0 Å². The van der Waals surface area contributed by atoms with E-state index in [2.05, 4.69) is 0 Å². The van der Waals surface area contributed by atoms with Gasteiger partial charge in [-0.1, -0.05) is 72.8 Å². The van der Waals surface area contributed by atoms with E-state index in [4.69, 9.17) is 0 Å². The number of hydrogen-bond donors (Lipinski definition) is 1. The average molecular weight is 278 g/mol. The highest BCUT2D eigenvalue weighted by Crippen LogP contribution is 2.26. The molecule has 0 saturated carbocycles. The van der Waals surface area contributed by atoms with Crippen molar-refractivity contribution < 1.29 is 9.50 Å². The van der Waals surface area contributed by atoms with Gasteiger partial charge in [0.2, 0.25) is 0 Å². The Morgan fingerprint density at radius 3 is 1.90 bits per heavy atom. The van der Waals surface area contributed by atoms with Gasteiger partial charge in [-0.2, -0.15) is 0 Å². The number of halogens is 1. The van der Waals surface area contributed by atoms with Gasteiger partial charge in [0, 0.05) is 5.56 Å². The summed E-state index contributed by atoms with van der Waals surface area (Å²) < 4.78 is 13.7. The lowest BCUT2D eigenvalue weighted by Gasteiger charge is -2.13. The highest BCUT2D eigenvalue weighted by molar-refractivity contribution is 5.63. The van der Waals surface area contributed by atoms with E-state index in [-0.39, 0.29) is 0 Å². The zero-order chi connectivity index (χ0) is 14.7. The van der Waals surface area contributed by atoms with Crippen molar-refractivity contribution in [3.05, 3.63) is 95.8 Å². The van der Waals surface area contributed by atoms with Crippen LogP contribution < -0.4 is 0 Å². The van der Waals surface area contributed by atoms with E-state index >= 15 is 0 Å². The fourth-order valence-corrected chi connectivity index (χ4v) is 2.36. The minimum Gasteiger partial charge on any atom is -0.384 e. The molecule has 0 bridgehead atoms. The Morgan fingerprint density at radius 1 is 0.667 bits per heavy atom. The van der Waals surface area contributed by atoms with Crippen LogP contribution in [0.1, 0.15) is 17.2 Å². The Kier molecular flexibility index (Phi) is 3.80. The van der Waals surface area contributed by atoms with Crippen LogP contribution in [0, 0.1) is 5.82 Å². The zero-order valence-electron chi connectivity index (χ0n) is 11.4. The van der Waals surface area contributed by atoms with E-state index in [1.807, 2.05) is 54.6 Å². The number of hydrogen-bond acceptors (Lipinski definition) is 1. The maximum absolute atomic E-state index is 13.7. The van der Waals surface area contributed by atoms with Crippen LogP contribution in [0.3, 0.4) is 0 Å². The molecule has 2 heteroatoms. The molecule has 3 aromatic rings. The summed E-state index contributed by atoms with van der Waals surface area (Å²) in [5.41, 5.74) is 3.16. The Hall–Kier alpha value is -2.45. The molecule has 0 amide bonds. The van der Waals surface area contributed by atoms with Crippen LogP contribution in [-0.2, 0) is 0 Å². The molecule has 0 aromatic heterocycles. The minimum absolute atomic E-state index is 0.296. The molecule has 1 unspecified atom stereocenters.